The molecular weight excluding hydrogens is 219 g/mol. The van der Waals surface area contributed by atoms with Crippen LogP contribution in [0.1, 0.15) is 5.56 Å². The van der Waals surface area contributed by atoms with Crippen LogP contribution in [-0.4, -0.2) is 7.11 Å². The number of anilines is 1. The minimum absolute atomic E-state index is 0. The van der Waals surface area contributed by atoms with Gasteiger partial charge in [-0.3, -0.25) is 0 Å². The zero-order valence-corrected chi connectivity index (χ0v) is 8.08. The number of ether oxygens (including phenoxy) is 1. The Balaban J connectivity index is 0.00000169. The fourth-order valence-electron chi connectivity index (χ4n) is 0.911. The van der Waals surface area contributed by atoms with E-state index in [9.17, 15) is 13.2 Å². The van der Waals surface area contributed by atoms with Crippen molar-refractivity contribution in [1.29, 1.82) is 0 Å². The maximum Gasteiger partial charge on any atom is 0.416 e. The van der Waals surface area contributed by atoms with Crippen LogP contribution < -0.4 is 10.5 Å². The second-order valence-electron chi connectivity index (χ2n) is 2.45. The van der Waals surface area contributed by atoms with Crippen LogP contribution in [0.25, 0.3) is 0 Å². The highest BCUT2D eigenvalue weighted by atomic mass is 35.5. The number of benzene rings is 1. The first-order valence-electron chi connectivity index (χ1n) is 3.46. The molecule has 0 aromatic heterocycles. The van der Waals surface area contributed by atoms with E-state index >= 15 is 0 Å². The minimum Gasteiger partial charge on any atom is -0.495 e. The summed E-state index contributed by atoms with van der Waals surface area (Å²) in [5.74, 6) is 0.244. The van der Waals surface area contributed by atoms with Crippen molar-refractivity contribution >= 4 is 18.1 Å². The van der Waals surface area contributed by atoms with Crippen LogP contribution in [0, 0.1) is 0 Å². The number of methoxy groups -OCH3 is 1. The molecule has 0 fully saturated rings. The largest absolute Gasteiger partial charge is 0.495 e. The van der Waals surface area contributed by atoms with Gasteiger partial charge in [-0.15, -0.1) is 12.4 Å². The van der Waals surface area contributed by atoms with E-state index in [4.69, 9.17) is 10.5 Å². The highest BCUT2D eigenvalue weighted by Crippen LogP contribution is 2.33. The third-order valence-electron chi connectivity index (χ3n) is 1.56. The van der Waals surface area contributed by atoms with Crippen LogP contribution in [0.3, 0.4) is 0 Å². The smallest absolute Gasteiger partial charge is 0.416 e. The van der Waals surface area contributed by atoms with Crippen molar-refractivity contribution in [3.63, 3.8) is 0 Å². The number of halogens is 4. The van der Waals surface area contributed by atoms with Crippen molar-refractivity contribution < 1.29 is 17.9 Å². The van der Waals surface area contributed by atoms with Crippen LogP contribution in [0.4, 0.5) is 18.9 Å². The average Bonchev–Trinajstić information content (AvgIpc) is 2.02. The third-order valence-corrected chi connectivity index (χ3v) is 1.56. The molecule has 0 aliphatic heterocycles. The zero-order valence-electron chi connectivity index (χ0n) is 7.26. The first-order valence-corrected chi connectivity index (χ1v) is 3.46. The first-order chi connectivity index (χ1) is 5.95. The van der Waals surface area contributed by atoms with E-state index in [0.29, 0.717) is 0 Å². The molecule has 6 heteroatoms. The summed E-state index contributed by atoms with van der Waals surface area (Å²) in [5, 5.41) is 0. The number of hydrogen-bond donors (Lipinski definition) is 1. The summed E-state index contributed by atoms with van der Waals surface area (Å²) in [5.41, 5.74) is 4.51. The Hall–Kier alpha value is -1.10. The molecule has 14 heavy (non-hydrogen) atoms. The molecule has 1 aromatic carbocycles. The van der Waals surface area contributed by atoms with Crippen molar-refractivity contribution in [2.45, 2.75) is 6.18 Å². The Kier molecular flexibility index (Phi) is 4.07. The predicted octanol–water partition coefficient (Wildman–Crippen LogP) is 2.72. The summed E-state index contributed by atoms with van der Waals surface area (Å²) in [7, 11) is 1.35. The molecule has 0 unspecified atom stereocenters. The van der Waals surface area contributed by atoms with Crippen molar-refractivity contribution in [3.05, 3.63) is 23.8 Å². The van der Waals surface area contributed by atoms with Crippen LogP contribution in [-0.2, 0) is 6.18 Å². The maximum absolute atomic E-state index is 12.1. The number of alkyl halides is 3. The Morgan fingerprint density at radius 3 is 2.21 bits per heavy atom. The molecule has 0 saturated heterocycles. The SMILES string of the molecule is COc1ccc(C(F)(F)F)cc1N.Cl. The lowest BCUT2D eigenvalue weighted by molar-refractivity contribution is -0.137. The molecule has 0 bridgehead atoms. The van der Waals surface area contributed by atoms with Gasteiger partial charge in [0.1, 0.15) is 5.75 Å². The van der Waals surface area contributed by atoms with Gasteiger partial charge in [-0.1, -0.05) is 0 Å². The number of nitrogen functional groups attached to an aromatic ring is 1. The van der Waals surface area contributed by atoms with Gasteiger partial charge in [-0.25, -0.2) is 0 Å². The molecule has 80 valence electrons. The zero-order chi connectivity index (χ0) is 10.1. The average molecular weight is 228 g/mol. The van der Waals surface area contributed by atoms with Crippen molar-refractivity contribution in [2.24, 2.45) is 0 Å². The molecule has 2 nitrogen and oxygen atoms in total. The van der Waals surface area contributed by atoms with Gasteiger partial charge < -0.3 is 10.5 Å². The predicted molar refractivity (Wildman–Crippen MR) is 49.7 cm³/mol. The fraction of sp³-hybridized carbons (Fsp3) is 0.250. The van der Waals surface area contributed by atoms with E-state index in [0.717, 1.165) is 12.1 Å². The Labute approximate surface area is 85.3 Å². The third kappa shape index (κ3) is 2.70. The van der Waals surface area contributed by atoms with E-state index in [-0.39, 0.29) is 23.8 Å². The Bertz CT molecular complexity index is 314. The van der Waals surface area contributed by atoms with E-state index in [1.54, 1.807) is 0 Å². The van der Waals surface area contributed by atoms with E-state index < -0.39 is 11.7 Å². The molecule has 0 saturated carbocycles. The maximum atomic E-state index is 12.1. The number of nitrogens with two attached hydrogens (primary N) is 1. The van der Waals surface area contributed by atoms with Gasteiger partial charge in [0.05, 0.1) is 18.4 Å². The molecule has 0 heterocycles. The van der Waals surface area contributed by atoms with E-state index in [1.165, 1.54) is 13.2 Å². The molecule has 0 aliphatic rings. The molecule has 1 rings (SSSR count). The highest BCUT2D eigenvalue weighted by molar-refractivity contribution is 5.85. The lowest BCUT2D eigenvalue weighted by atomic mass is 10.2. The first kappa shape index (κ1) is 12.9. The van der Waals surface area contributed by atoms with E-state index in [1.807, 2.05) is 0 Å². The van der Waals surface area contributed by atoms with Gasteiger partial charge in [0, 0.05) is 0 Å². The molecule has 0 amide bonds. The second kappa shape index (κ2) is 4.41. The summed E-state index contributed by atoms with van der Waals surface area (Å²) in [6.45, 7) is 0. The molecule has 2 N–H and O–H groups in total. The molecular formula is C8H9ClF3NO. The van der Waals surface area contributed by atoms with Gasteiger partial charge in [0.15, 0.2) is 0 Å². The van der Waals surface area contributed by atoms with E-state index in [2.05, 4.69) is 0 Å². The summed E-state index contributed by atoms with van der Waals surface area (Å²) in [6, 6.07) is 2.96. The minimum atomic E-state index is -4.36. The van der Waals surface area contributed by atoms with Gasteiger partial charge in [-0.05, 0) is 18.2 Å². The summed E-state index contributed by atoms with van der Waals surface area (Å²) < 4.78 is 41.0. The molecule has 1 aromatic rings. The van der Waals surface area contributed by atoms with Gasteiger partial charge in [-0.2, -0.15) is 13.2 Å². The summed E-state index contributed by atoms with van der Waals surface area (Å²) in [6.07, 6.45) is -4.36. The normalized spacial score (nSPS) is 10.6. The second-order valence-corrected chi connectivity index (χ2v) is 2.45. The van der Waals surface area contributed by atoms with Gasteiger partial charge in [0.25, 0.3) is 0 Å². The van der Waals surface area contributed by atoms with Crippen molar-refractivity contribution in [1.82, 2.24) is 0 Å². The standard InChI is InChI=1S/C8H8F3NO.ClH/c1-13-7-3-2-5(4-6(7)12)8(9,10)11;/h2-4H,12H2,1H3;1H. The Morgan fingerprint density at radius 1 is 1.29 bits per heavy atom. The quantitative estimate of drug-likeness (QED) is 0.749. The van der Waals surface area contributed by atoms with Crippen LogP contribution in [0.2, 0.25) is 0 Å². The highest BCUT2D eigenvalue weighted by Gasteiger charge is 2.30. The van der Waals surface area contributed by atoms with Crippen LogP contribution in [0.15, 0.2) is 18.2 Å². The van der Waals surface area contributed by atoms with Crippen molar-refractivity contribution in [2.75, 3.05) is 12.8 Å². The number of rotatable bonds is 1. The number of hydrogen-bond acceptors (Lipinski definition) is 2. The molecule has 0 atom stereocenters. The Morgan fingerprint density at radius 2 is 1.86 bits per heavy atom. The molecule has 0 radical (unpaired) electrons. The molecule has 0 aliphatic carbocycles. The topological polar surface area (TPSA) is 35.2 Å². The van der Waals surface area contributed by atoms with Crippen LogP contribution >= 0.6 is 12.4 Å². The van der Waals surface area contributed by atoms with Gasteiger partial charge >= 0.3 is 6.18 Å². The van der Waals surface area contributed by atoms with Gasteiger partial charge in [0.2, 0.25) is 0 Å². The lowest BCUT2D eigenvalue weighted by Crippen LogP contribution is -2.05. The van der Waals surface area contributed by atoms with Crippen LogP contribution in [0.5, 0.6) is 5.75 Å². The monoisotopic (exact) mass is 227 g/mol. The fourth-order valence-corrected chi connectivity index (χ4v) is 0.911. The summed E-state index contributed by atoms with van der Waals surface area (Å²) >= 11 is 0. The van der Waals surface area contributed by atoms with Crippen molar-refractivity contribution in [3.8, 4) is 5.75 Å². The lowest BCUT2D eigenvalue weighted by Gasteiger charge is -2.09. The summed E-state index contributed by atoms with van der Waals surface area (Å²) in [4.78, 5) is 0. The molecule has 0 spiro atoms.